The molecule has 4 rings (SSSR count). The highest BCUT2D eigenvalue weighted by Gasteiger charge is 2.20. The van der Waals surface area contributed by atoms with Crippen molar-refractivity contribution >= 4 is 22.6 Å². The van der Waals surface area contributed by atoms with E-state index >= 15 is 0 Å². The lowest BCUT2D eigenvalue weighted by Crippen LogP contribution is -2.20. The van der Waals surface area contributed by atoms with E-state index in [1.165, 1.54) is 0 Å². The van der Waals surface area contributed by atoms with Gasteiger partial charge in [-0.15, -0.1) is 0 Å². The average Bonchev–Trinajstić information content (AvgIpc) is 3.04. The monoisotopic (exact) mass is 351 g/mol. The molecule has 1 aliphatic rings. The van der Waals surface area contributed by atoms with Gasteiger partial charge in [-0.3, -0.25) is 4.79 Å². The van der Waals surface area contributed by atoms with Crippen LogP contribution in [-0.2, 0) is 13.0 Å². The van der Waals surface area contributed by atoms with Gasteiger partial charge in [0.05, 0.1) is 16.6 Å². The molecule has 0 radical (unpaired) electrons. The second-order valence-electron chi connectivity index (χ2n) is 6.11. The van der Waals surface area contributed by atoms with Crippen molar-refractivity contribution in [2.24, 2.45) is 0 Å². The van der Waals surface area contributed by atoms with E-state index in [4.69, 9.17) is 9.47 Å². The van der Waals surface area contributed by atoms with Crippen molar-refractivity contribution in [3.63, 3.8) is 0 Å². The van der Waals surface area contributed by atoms with E-state index in [9.17, 15) is 4.79 Å². The molecule has 3 aromatic rings. The van der Waals surface area contributed by atoms with E-state index in [-0.39, 0.29) is 5.91 Å². The Morgan fingerprint density at radius 2 is 2.04 bits per heavy atom. The number of hydrogen-bond acceptors (Lipinski definition) is 4. The number of amides is 1. The number of benzene rings is 2. The quantitative estimate of drug-likeness (QED) is 0.779. The topological polar surface area (TPSA) is 65.4 Å². The van der Waals surface area contributed by atoms with E-state index < -0.39 is 0 Å². The van der Waals surface area contributed by atoms with E-state index in [0.717, 1.165) is 29.8 Å². The molecule has 6 heteroatoms. The van der Waals surface area contributed by atoms with Crippen molar-refractivity contribution < 1.29 is 14.3 Å². The van der Waals surface area contributed by atoms with Crippen molar-refractivity contribution in [1.29, 1.82) is 0 Å². The Labute approximate surface area is 151 Å². The third-order valence-corrected chi connectivity index (χ3v) is 4.53. The number of nitrogens with zero attached hydrogens (tertiary/aromatic N) is 2. The maximum atomic E-state index is 12.7. The summed E-state index contributed by atoms with van der Waals surface area (Å²) in [4.78, 5) is 17.4. The largest absolute Gasteiger partial charge is 0.486 e. The van der Waals surface area contributed by atoms with Gasteiger partial charge in [0, 0.05) is 18.7 Å². The molecular formula is C20H21N3O3. The number of imidazole rings is 1. The lowest BCUT2D eigenvalue weighted by molar-refractivity contribution is 0.101. The van der Waals surface area contributed by atoms with E-state index in [1.54, 1.807) is 18.2 Å². The van der Waals surface area contributed by atoms with Crippen LogP contribution in [0.5, 0.6) is 11.5 Å². The third kappa shape index (κ3) is 2.77. The molecule has 0 bridgehead atoms. The number of carbonyl (C=O) groups excluding carboxylic acids is 1. The predicted molar refractivity (Wildman–Crippen MR) is 100 cm³/mol. The first-order chi connectivity index (χ1) is 12.7. The number of aryl methyl sites for hydroxylation is 2. The molecule has 0 saturated heterocycles. The number of nitrogens with one attached hydrogen (secondary N) is 1. The first-order valence-electron chi connectivity index (χ1n) is 8.90. The number of carbonyl (C=O) groups is 1. The lowest BCUT2D eigenvalue weighted by atomic mass is 10.1. The zero-order chi connectivity index (χ0) is 18.1. The van der Waals surface area contributed by atoms with Crippen LogP contribution in [0.2, 0.25) is 0 Å². The van der Waals surface area contributed by atoms with Crippen LogP contribution in [-0.4, -0.2) is 28.7 Å². The molecule has 134 valence electrons. The van der Waals surface area contributed by atoms with Crippen molar-refractivity contribution in [1.82, 2.24) is 9.55 Å². The van der Waals surface area contributed by atoms with Gasteiger partial charge in [-0.25, -0.2) is 4.98 Å². The molecule has 0 spiro atoms. The summed E-state index contributed by atoms with van der Waals surface area (Å²) >= 11 is 0. The van der Waals surface area contributed by atoms with Gasteiger partial charge in [0.15, 0.2) is 11.5 Å². The summed E-state index contributed by atoms with van der Waals surface area (Å²) in [6, 6.07) is 11.2. The number of aromatic nitrogens is 2. The Balaban J connectivity index is 1.64. The summed E-state index contributed by atoms with van der Waals surface area (Å²) in [5.74, 6) is 1.93. The molecule has 1 aliphatic heterocycles. The first-order valence-corrected chi connectivity index (χ1v) is 8.90. The highest BCUT2D eigenvalue weighted by atomic mass is 16.6. The summed E-state index contributed by atoms with van der Waals surface area (Å²) in [7, 11) is 0. The van der Waals surface area contributed by atoms with Crippen molar-refractivity contribution in [3.8, 4) is 11.5 Å². The number of anilines is 1. The molecule has 1 amide bonds. The molecule has 0 saturated carbocycles. The molecule has 6 nitrogen and oxygen atoms in total. The van der Waals surface area contributed by atoms with Gasteiger partial charge >= 0.3 is 0 Å². The maximum Gasteiger partial charge on any atom is 0.259 e. The normalized spacial score (nSPS) is 13.0. The summed E-state index contributed by atoms with van der Waals surface area (Å²) in [6.07, 6.45) is 0.873. The Morgan fingerprint density at radius 1 is 1.19 bits per heavy atom. The van der Waals surface area contributed by atoms with Crippen LogP contribution in [0.4, 0.5) is 5.69 Å². The van der Waals surface area contributed by atoms with Crippen molar-refractivity contribution in [2.75, 3.05) is 18.5 Å². The third-order valence-electron chi connectivity index (χ3n) is 4.53. The Kier molecular flexibility index (Phi) is 4.24. The number of rotatable bonds is 4. The molecule has 0 atom stereocenters. The number of hydrogen-bond donors (Lipinski definition) is 1. The summed E-state index contributed by atoms with van der Waals surface area (Å²) < 4.78 is 13.4. The molecule has 0 aliphatic carbocycles. The van der Waals surface area contributed by atoms with Gasteiger partial charge in [-0.05, 0) is 37.3 Å². The molecule has 2 heterocycles. The van der Waals surface area contributed by atoms with Crippen molar-refractivity contribution in [2.45, 2.75) is 26.8 Å². The van der Waals surface area contributed by atoms with E-state index in [1.807, 2.05) is 18.2 Å². The lowest BCUT2D eigenvalue weighted by Gasteiger charge is -2.20. The molecule has 0 fully saturated rings. The highest BCUT2D eigenvalue weighted by Crippen LogP contribution is 2.34. The number of fused-ring (bicyclic) bond motifs is 2. The minimum absolute atomic E-state index is 0.225. The Bertz CT molecular complexity index is 978. The van der Waals surface area contributed by atoms with Crippen LogP contribution in [0.1, 0.15) is 30.0 Å². The molecule has 26 heavy (non-hydrogen) atoms. The fraction of sp³-hybridized carbons (Fsp3) is 0.300. The van der Waals surface area contributed by atoms with Crippen molar-refractivity contribution in [3.05, 3.63) is 47.8 Å². The van der Waals surface area contributed by atoms with Crippen LogP contribution in [0.3, 0.4) is 0 Å². The molecule has 1 N–H and O–H groups in total. The minimum Gasteiger partial charge on any atom is -0.486 e. The fourth-order valence-electron chi connectivity index (χ4n) is 3.33. The number of ether oxygens (including phenoxy) is 2. The summed E-state index contributed by atoms with van der Waals surface area (Å²) in [5, 5.41) is 2.94. The van der Waals surface area contributed by atoms with Gasteiger partial charge in [0.2, 0.25) is 0 Å². The minimum atomic E-state index is -0.225. The van der Waals surface area contributed by atoms with Gasteiger partial charge in [-0.2, -0.15) is 0 Å². The van der Waals surface area contributed by atoms with Gasteiger partial charge in [0.25, 0.3) is 5.91 Å². The summed E-state index contributed by atoms with van der Waals surface area (Å²) in [5.41, 5.74) is 3.14. The predicted octanol–water partition coefficient (Wildman–Crippen LogP) is 3.64. The van der Waals surface area contributed by atoms with Crippen LogP contribution in [0, 0.1) is 0 Å². The maximum absolute atomic E-state index is 12.7. The summed E-state index contributed by atoms with van der Waals surface area (Å²) in [6.45, 7) is 6.01. The molecule has 2 aromatic carbocycles. The van der Waals surface area contributed by atoms with E-state index in [2.05, 4.69) is 28.7 Å². The molecular weight excluding hydrogens is 330 g/mol. The molecule has 1 aromatic heterocycles. The van der Waals surface area contributed by atoms with Gasteiger partial charge < -0.3 is 19.4 Å². The fourth-order valence-corrected chi connectivity index (χ4v) is 3.33. The zero-order valence-corrected chi connectivity index (χ0v) is 14.9. The van der Waals surface area contributed by atoms with E-state index in [0.29, 0.717) is 36.0 Å². The number of para-hydroxylation sites is 1. The second-order valence-corrected chi connectivity index (χ2v) is 6.11. The first kappa shape index (κ1) is 16.4. The Hall–Kier alpha value is -3.02. The standard InChI is InChI=1S/C20H21N3O3/c1-3-18-22-15-12-13(8-9-16(15)23(18)4-2)21-20(24)14-6-5-7-17-19(14)26-11-10-25-17/h5-9,12H,3-4,10-11H2,1-2H3,(H,21,24). The SMILES string of the molecule is CCc1nc2cc(NC(=O)c3cccc4c3OCCO4)ccc2n1CC. The molecule has 0 unspecified atom stereocenters. The second kappa shape index (κ2) is 6.71. The smallest absolute Gasteiger partial charge is 0.259 e. The zero-order valence-electron chi connectivity index (χ0n) is 14.9. The Morgan fingerprint density at radius 3 is 2.85 bits per heavy atom. The van der Waals surface area contributed by atoms with Crippen LogP contribution in [0.25, 0.3) is 11.0 Å². The van der Waals surface area contributed by atoms with Crippen LogP contribution < -0.4 is 14.8 Å². The van der Waals surface area contributed by atoms with Gasteiger partial charge in [0.1, 0.15) is 19.0 Å². The van der Waals surface area contributed by atoms with Crippen LogP contribution in [0.15, 0.2) is 36.4 Å². The van der Waals surface area contributed by atoms with Crippen LogP contribution >= 0.6 is 0 Å². The average molecular weight is 351 g/mol. The van der Waals surface area contributed by atoms with Gasteiger partial charge in [-0.1, -0.05) is 13.0 Å². The highest BCUT2D eigenvalue weighted by molar-refractivity contribution is 6.07.